The Labute approximate surface area is 98.8 Å². The van der Waals surface area contributed by atoms with Crippen LogP contribution in [0, 0.1) is 0 Å². The first-order valence-electron chi connectivity index (χ1n) is 6.10. The molecule has 16 heavy (non-hydrogen) atoms. The minimum Gasteiger partial charge on any atom is -0.385 e. The molecule has 0 amide bonds. The average Bonchev–Trinajstić information content (AvgIpc) is 2.69. The van der Waals surface area contributed by atoms with E-state index in [0.29, 0.717) is 6.04 Å². The number of nitrogens with zero attached hydrogens (tertiary/aromatic N) is 1. The van der Waals surface area contributed by atoms with E-state index < -0.39 is 0 Å². The highest BCUT2D eigenvalue weighted by molar-refractivity contribution is 5.06. The fourth-order valence-corrected chi connectivity index (χ4v) is 1.67. The smallest absolute Gasteiger partial charge is 0.0462 e. The van der Waals surface area contributed by atoms with Crippen LogP contribution in [-0.4, -0.2) is 24.3 Å². The first kappa shape index (κ1) is 13.3. The molecule has 1 heterocycles. The van der Waals surface area contributed by atoms with Crippen molar-refractivity contribution in [1.82, 2.24) is 9.88 Å². The Kier molecular flexibility index (Phi) is 6.19. The van der Waals surface area contributed by atoms with Crippen LogP contribution in [0.2, 0.25) is 0 Å². The van der Waals surface area contributed by atoms with Crippen molar-refractivity contribution in [3.63, 3.8) is 0 Å². The molecule has 92 valence electrons. The quantitative estimate of drug-likeness (QED) is 0.686. The summed E-state index contributed by atoms with van der Waals surface area (Å²) in [6.07, 6.45) is 4.47. The Balaban J connectivity index is 2.32. The van der Waals surface area contributed by atoms with Crippen molar-refractivity contribution in [2.24, 2.45) is 0 Å². The second kappa shape index (κ2) is 7.47. The molecular formula is C13H24N2O. The van der Waals surface area contributed by atoms with E-state index in [9.17, 15) is 0 Å². The Morgan fingerprint density at radius 1 is 1.38 bits per heavy atom. The second-order valence-electron chi connectivity index (χ2n) is 4.43. The fraction of sp³-hybridized carbons (Fsp3) is 0.692. The fourth-order valence-electron chi connectivity index (χ4n) is 1.67. The van der Waals surface area contributed by atoms with Crippen molar-refractivity contribution >= 4 is 0 Å². The highest BCUT2D eigenvalue weighted by Crippen LogP contribution is 2.05. The number of unbranched alkanes of at least 4 members (excludes halogenated alkanes) is 1. The topological polar surface area (TPSA) is 26.2 Å². The summed E-state index contributed by atoms with van der Waals surface area (Å²) in [6, 6.07) is 4.84. The monoisotopic (exact) mass is 224 g/mol. The van der Waals surface area contributed by atoms with Gasteiger partial charge in [-0.25, -0.2) is 0 Å². The number of hydrogen-bond acceptors (Lipinski definition) is 2. The molecule has 0 bridgehead atoms. The van der Waals surface area contributed by atoms with Gasteiger partial charge in [0.1, 0.15) is 0 Å². The molecule has 0 spiro atoms. The zero-order valence-corrected chi connectivity index (χ0v) is 10.7. The molecule has 0 saturated heterocycles. The Bertz CT molecular complexity index is 281. The van der Waals surface area contributed by atoms with Gasteiger partial charge in [0, 0.05) is 44.7 Å². The van der Waals surface area contributed by atoms with E-state index in [4.69, 9.17) is 4.74 Å². The van der Waals surface area contributed by atoms with Gasteiger partial charge < -0.3 is 14.6 Å². The SMILES string of the molecule is COCCCCn1cccc1CNC(C)C. The lowest BCUT2D eigenvalue weighted by Gasteiger charge is -2.12. The van der Waals surface area contributed by atoms with Crippen molar-refractivity contribution < 1.29 is 4.74 Å². The summed E-state index contributed by atoms with van der Waals surface area (Å²) in [6.45, 7) is 7.25. The van der Waals surface area contributed by atoms with Gasteiger partial charge in [-0.15, -0.1) is 0 Å². The first-order valence-corrected chi connectivity index (χ1v) is 6.10. The van der Waals surface area contributed by atoms with Gasteiger partial charge in [-0.2, -0.15) is 0 Å². The summed E-state index contributed by atoms with van der Waals surface area (Å²) in [4.78, 5) is 0. The van der Waals surface area contributed by atoms with Gasteiger partial charge in [0.05, 0.1) is 0 Å². The van der Waals surface area contributed by atoms with Gasteiger partial charge in [0.25, 0.3) is 0 Å². The molecule has 1 rings (SSSR count). The number of methoxy groups -OCH3 is 1. The van der Waals surface area contributed by atoms with Gasteiger partial charge in [0.2, 0.25) is 0 Å². The summed E-state index contributed by atoms with van der Waals surface area (Å²) in [5.41, 5.74) is 1.37. The highest BCUT2D eigenvalue weighted by Gasteiger charge is 2.01. The van der Waals surface area contributed by atoms with Gasteiger partial charge >= 0.3 is 0 Å². The third-order valence-electron chi connectivity index (χ3n) is 2.61. The molecule has 0 aliphatic rings. The molecular weight excluding hydrogens is 200 g/mol. The predicted octanol–water partition coefficient (Wildman–Crippen LogP) is 2.41. The van der Waals surface area contributed by atoms with Crippen LogP contribution in [0.3, 0.4) is 0 Å². The Hall–Kier alpha value is -0.800. The molecule has 3 nitrogen and oxygen atoms in total. The summed E-state index contributed by atoms with van der Waals surface area (Å²) < 4.78 is 7.37. The van der Waals surface area contributed by atoms with E-state index in [1.54, 1.807) is 7.11 Å². The van der Waals surface area contributed by atoms with Crippen LogP contribution < -0.4 is 5.32 Å². The van der Waals surface area contributed by atoms with Gasteiger partial charge in [-0.3, -0.25) is 0 Å². The van der Waals surface area contributed by atoms with Crippen LogP contribution in [-0.2, 0) is 17.8 Å². The molecule has 0 unspecified atom stereocenters. The van der Waals surface area contributed by atoms with Crippen LogP contribution in [0.5, 0.6) is 0 Å². The average molecular weight is 224 g/mol. The van der Waals surface area contributed by atoms with Crippen molar-refractivity contribution in [3.8, 4) is 0 Å². The van der Waals surface area contributed by atoms with E-state index in [1.807, 2.05) is 0 Å². The molecule has 1 aromatic heterocycles. The molecule has 0 fully saturated rings. The molecule has 1 aromatic rings. The molecule has 0 radical (unpaired) electrons. The van der Waals surface area contributed by atoms with Crippen molar-refractivity contribution in [1.29, 1.82) is 0 Å². The minimum atomic E-state index is 0.539. The van der Waals surface area contributed by atoms with E-state index >= 15 is 0 Å². The largest absolute Gasteiger partial charge is 0.385 e. The van der Waals surface area contributed by atoms with Gasteiger partial charge in [-0.1, -0.05) is 13.8 Å². The van der Waals surface area contributed by atoms with Gasteiger partial charge in [-0.05, 0) is 25.0 Å². The van der Waals surface area contributed by atoms with Crippen molar-refractivity contribution in [3.05, 3.63) is 24.0 Å². The summed E-state index contributed by atoms with van der Waals surface area (Å²) in [5, 5.41) is 3.44. The molecule has 0 aromatic carbocycles. The first-order chi connectivity index (χ1) is 7.74. The standard InChI is InChI=1S/C13H24N2O/c1-12(2)14-11-13-7-6-9-15(13)8-4-5-10-16-3/h6-7,9,12,14H,4-5,8,10-11H2,1-3H3. The zero-order valence-electron chi connectivity index (χ0n) is 10.7. The highest BCUT2D eigenvalue weighted by atomic mass is 16.5. The molecule has 0 aliphatic carbocycles. The zero-order chi connectivity index (χ0) is 11.8. The maximum atomic E-state index is 5.05. The van der Waals surface area contributed by atoms with Crippen LogP contribution in [0.25, 0.3) is 0 Å². The number of aryl methyl sites for hydroxylation is 1. The third-order valence-corrected chi connectivity index (χ3v) is 2.61. The van der Waals surface area contributed by atoms with Crippen molar-refractivity contribution in [2.45, 2.75) is 45.8 Å². The summed E-state index contributed by atoms with van der Waals surface area (Å²) in [7, 11) is 1.76. The van der Waals surface area contributed by atoms with Crippen LogP contribution in [0.4, 0.5) is 0 Å². The number of rotatable bonds is 8. The van der Waals surface area contributed by atoms with Crippen LogP contribution in [0.1, 0.15) is 32.4 Å². The maximum absolute atomic E-state index is 5.05. The maximum Gasteiger partial charge on any atom is 0.0462 e. The number of hydrogen-bond donors (Lipinski definition) is 1. The number of ether oxygens (including phenoxy) is 1. The van der Waals surface area contributed by atoms with E-state index in [1.165, 1.54) is 12.1 Å². The molecule has 0 saturated carbocycles. The lowest BCUT2D eigenvalue weighted by molar-refractivity contribution is 0.191. The Morgan fingerprint density at radius 2 is 2.19 bits per heavy atom. The summed E-state index contributed by atoms with van der Waals surface area (Å²) in [5.74, 6) is 0. The van der Waals surface area contributed by atoms with Crippen LogP contribution in [0.15, 0.2) is 18.3 Å². The second-order valence-corrected chi connectivity index (χ2v) is 4.43. The lowest BCUT2D eigenvalue weighted by atomic mass is 10.3. The summed E-state index contributed by atoms with van der Waals surface area (Å²) >= 11 is 0. The lowest BCUT2D eigenvalue weighted by Crippen LogP contribution is -2.23. The van der Waals surface area contributed by atoms with Crippen LogP contribution >= 0.6 is 0 Å². The van der Waals surface area contributed by atoms with E-state index in [-0.39, 0.29) is 0 Å². The van der Waals surface area contributed by atoms with Crippen molar-refractivity contribution in [2.75, 3.05) is 13.7 Å². The molecule has 1 N–H and O–H groups in total. The van der Waals surface area contributed by atoms with E-state index in [2.05, 4.69) is 42.1 Å². The third kappa shape index (κ3) is 4.81. The predicted molar refractivity (Wildman–Crippen MR) is 67.5 cm³/mol. The van der Waals surface area contributed by atoms with E-state index in [0.717, 1.165) is 26.1 Å². The number of nitrogens with one attached hydrogen (secondary N) is 1. The number of aromatic nitrogens is 1. The molecule has 0 atom stereocenters. The Morgan fingerprint density at radius 3 is 2.88 bits per heavy atom. The molecule has 0 aliphatic heterocycles. The normalized spacial score (nSPS) is 11.2. The van der Waals surface area contributed by atoms with Gasteiger partial charge in [0.15, 0.2) is 0 Å². The minimum absolute atomic E-state index is 0.539. The molecule has 3 heteroatoms.